The predicted octanol–water partition coefficient (Wildman–Crippen LogP) is 18.2. The molecule has 0 N–H and O–H groups in total. The van der Waals surface area contributed by atoms with Gasteiger partial charge >= 0.3 is 0 Å². The first-order valence-electron chi connectivity index (χ1n) is 23.6. The highest BCUT2D eigenvalue weighted by atomic mass is 32.1. The van der Waals surface area contributed by atoms with Crippen molar-refractivity contribution in [2.24, 2.45) is 9.98 Å². The minimum atomic E-state index is -0.553. The summed E-state index contributed by atoms with van der Waals surface area (Å²) in [5, 5.41) is 22.0. The third-order valence-electron chi connectivity index (χ3n) is 14.5. The molecule has 1 aliphatic rings. The second-order valence-electron chi connectivity index (χ2n) is 18.4. The topological polar surface area (TPSA) is 56.9 Å². The van der Waals surface area contributed by atoms with Crippen molar-refractivity contribution in [3.8, 4) is 5.69 Å². The van der Waals surface area contributed by atoms with E-state index >= 15 is 0 Å². The number of rotatable bonds is 4. The summed E-state index contributed by atoms with van der Waals surface area (Å²) in [5.41, 5.74) is 7.81. The molecule has 0 amide bonds. The number of nitrogens with zero attached hydrogens (tertiary/aromatic N) is 4. The molecule has 0 bridgehead atoms. The highest BCUT2D eigenvalue weighted by molar-refractivity contribution is 7.26. The molecule has 4 aromatic heterocycles. The van der Waals surface area contributed by atoms with Crippen LogP contribution in [0.4, 0.5) is 0 Å². The van der Waals surface area contributed by atoms with Crippen LogP contribution in [0.2, 0.25) is 0 Å². The number of benzene rings is 11. The first-order valence-corrected chi connectivity index (χ1v) is 25.2. The Bertz CT molecular complexity index is 4830. The molecular formula is C63H35N4OS2-. The van der Waals surface area contributed by atoms with E-state index in [0.717, 1.165) is 55.1 Å². The molecule has 1 unspecified atom stereocenters. The maximum Gasteiger partial charge on any atom is 0.143 e. The molecule has 0 saturated carbocycles. The van der Waals surface area contributed by atoms with E-state index in [-0.39, 0.29) is 0 Å². The number of hydrogen-bond donors (Lipinski definition) is 0. The van der Waals surface area contributed by atoms with Gasteiger partial charge in [-0.15, -0.1) is 22.7 Å². The highest BCUT2D eigenvalue weighted by Gasteiger charge is 2.23. The normalized spacial score (nSPS) is 14.4. The Balaban J connectivity index is 0.951. The number of amidine groups is 2. The third-order valence-corrected chi connectivity index (χ3v) is 16.8. The van der Waals surface area contributed by atoms with E-state index in [9.17, 15) is 0 Å². The first kappa shape index (κ1) is 38.4. The molecule has 326 valence electrons. The zero-order valence-corrected chi connectivity index (χ0v) is 38.9. The Morgan fingerprint density at radius 1 is 0.457 bits per heavy atom. The van der Waals surface area contributed by atoms with E-state index in [1.165, 1.54) is 83.7 Å². The molecule has 11 aromatic carbocycles. The van der Waals surface area contributed by atoms with Crippen molar-refractivity contribution in [1.82, 2.24) is 4.57 Å². The van der Waals surface area contributed by atoms with Gasteiger partial charge in [-0.25, -0.2) is 0 Å². The monoisotopic (exact) mass is 927 g/mol. The van der Waals surface area contributed by atoms with Gasteiger partial charge in [-0.2, -0.15) is 0 Å². The number of hydrogen-bond acceptors (Lipinski definition) is 5. The fraction of sp³-hybridized carbons (Fsp3) is 0.0159. The Morgan fingerprint density at radius 2 is 1.11 bits per heavy atom. The van der Waals surface area contributed by atoms with E-state index in [2.05, 4.69) is 205 Å². The molecule has 0 aliphatic carbocycles. The zero-order chi connectivity index (χ0) is 45.6. The molecule has 1 aliphatic heterocycles. The van der Waals surface area contributed by atoms with Crippen LogP contribution in [0.5, 0.6) is 0 Å². The Kier molecular flexibility index (Phi) is 7.92. The Morgan fingerprint density at radius 3 is 1.93 bits per heavy atom. The summed E-state index contributed by atoms with van der Waals surface area (Å²) < 4.78 is 14.4. The van der Waals surface area contributed by atoms with Crippen molar-refractivity contribution in [2.75, 3.05) is 0 Å². The molecule has 70 heavy (non-hydrogen) atoms. The van der Waals surface area contributed by atoms with Gasteiger partial charge in [-0.05, 0) is 117 Å². The van der Waals surface area contributed by atoms with Crippen LogP contribution in [0.15, 0.2) is 221 Å². The summed E-state index contributed by atoms with van der Waals surface area (Å²) in [5.74, 6) is 1.23. The summed E-state index contributed by atoms with van der Waals surface area (Å²) in [4.78, 5) is 10.9. The van der Waals surface area contributed by atoms with Gasteiger partial charge in [0.05, 0.1) is 23.0 Å². The number of furan rings is 1. The predicted molar refractivity (Wildman–Crippen MR) is 298 cm³/mol. The molecule has 5 nitrogen and oxygen atoms in total. The van der Waals surface area contributed by atoms with Crippen molar-refractivity contribution in [3.05, 3.63) is 228 Å². The van der Waals surface area contributed by atoms with E-state index in [4.69, 9.17) is 19.7 Å². The van der Waals surface area contributed by atoms with Crippen LogP contribution >= 0.6 is 22.7 Å². The summed E-state index contributed by atoms with van der Waals surface area (Å²) in [7, 11) is 0. The molecular weight excluding hydrogens is 893 g/mol. The van der Waals surface area contributed by atoms with E-state index in [1.807, 2.05) is 28.7 Å². The Labute approximate surface area is 407 Å². The van der Waals surface area contributed by atoms with Gasteiger partial charge in [0, 0.05) is 78.5 Å². The molecule has 0 spiro atoms. The van der Waals surface area contributed by atoms with Gasteiger partial charge in [0.2, 0.25) is 0 Å². The number of aromatic nitrogens is 1. The average Bonchev–Trinajstić information content (AvgIpc) is 4.18. The molecule has 0 saturated heterocycles. The van der Waals surface area contributed by atoms with Crippen LogP contribution < -0.4 is 0 Å². The van der Waals surface area contributed by atoms with Crippen molar-refractivity contribution >= 4 is 151 Å². The lowest BCUT2D eigenvalue weighted by Gasteiger charge is -2.32. The second-order valence-corrected chi connectivity index (χ2v) is 20.6. The number of thiophene rings is 2. The standard InChI is InChI=1S/C63H35N4OS2/c1-2-13-37-34-52-48(30-36(37)12-1)46-25-21-35-11-3-4-14-43(35)59(46)67(52)41-24-26-42-40(29-41)33-51(60-58(42)47-17-5-8-18-53(47)68-60)63-65-61(38-22-27-56-49(31-38)44-15-6-9-19-54(44)69-56)64-62(66-63)39-23-28-57-50(32-39)45-16-7-10-20-55(45)70-57/h1-34,61H/q-1. The molecule has 1 atom stereocenters. The minimum Gasteiger partial charge on any atom is -0.455 e. The first-order chi connectivity index (χ1) is 34.6. The van der Waals surface area contributed by atoms with Crippen molar-refractivity contribution in [3.63, 3.8) is 0 Å². The van der Waals surface area contributed by atoms with Crippen LogP contribution in [0, 0.1) is 0 Å². The van der Waals surface area contributed by atoms with Gasteiger partial charge in [0.1, 0.15) is 11.2 Å². The molecule has 0 fully saturated rings. The van der Waals surface area contributed by atoms with Gasteiger partial charge < -0.3 is 19.3 Å². The molecule has 7 heteroatoms. The summed E-state index contributed by atoms with van der Waals surface area (Å²) >= 11 is 3.63. The van der Waals surface area contributed by atoms with Crippen LogP contribution in [0.1, 0.15) is 22.9 Å². The fourth-order valence-electron chi connectivity index (χ4n) is 11.3. The maximum absolute atomic E-state index is 6.94. The molecule has 0 radical (unpaired) electrons. The third kappa shape index (κ3) is 5.58. The van der Waals surface area contributed by atoms with Crippen LogP contribution in [0.25, 0.3) is 127 Å². The summed E-state index contributed by atoms with van der Waals surface area (Å²) in [6.07, 6.45) is -0.553. The summed E-state index contributed by atoms with van der Waals surface area (Å²) in [6.45, 7) is 0. The lowest BCUT2D eigenvalue weighted by molar-refractivity contribution is 0.668. The Hall–Kier alpha value is -8.62. The highest BCUT2D eigenvalue weighted by Crippen LogP contribution is 2.45. The molecule has 15 aromatic rings. The van der Waals surface area contributed by atoms with E-state index in [1.54, 1.807) is 0 Å². The van der Waals surface area contributed by atoms with Gasteiger partial charge in [-0.3, -0.25) is 4.99 Å². The number of aliphatic imine (C=N–C) groups is 2. The maximum atomic E-state index is 6.94. The van der Waals surface area contributed by atoms with Gasteiger partial charge in [0.25, 0.3) is 0 Å². The van der Waals surface area contributed by atoms with Crippen molar-refractivity contribution in [1.29, 1.82) is 0 Å². The quantitative estimate of drug-likeness (QED) is 0.173. The van der Waals surface area contributed by atoms with Crippen LogP contribution in [0.3, 0.4) is 0 Å². The van der Waals surface area contributed by atoms with Gasteiger partial charge in [0.15, 0.2) is 0 Å². The average molecular weight is 928 g/mol. The lowest BCUT2D eigenvalue weighted by atomic mass is 9.98. The van der Waals surface area contributed by atoms with Crippen molar-refractivity contribution < 1.29 is 4.42 Å². The number of fused-ring (bicyclic) bond motifs is 17. The largest absolute Gasteiger partial charge is 0.455 e. The van der Waals surface area contributed by atoms with Crippen molar-refractivity contribution in [2.45, 2.75) is 6.17 Å². The lowest BCUT2D eigenvalue weighted by Crippen LogP contribution is -2.16. The number of para-hydroxylation sites is 1. The summed E-state index contributed by atoms with van der Waals surface area (Å²) in [6, 6.07) is 74.8. The molecule has 5 heterocycles. The fourth-order valence-corrected chi connectivity index (χ4v) is 13.4. The second kappa shape index (κ2) is 14.5. The van der Waals surface area contributed by atoms with E-state index in [0.29, 0.717) is 11.7 Å². The van der Waals surface area contributed by atoms with Crippen LogP contribution in [-0.2, 0) is 0 Å². The van der Waals surface area contributed by atoms with Crippen LogP contribution in [-0.4, -0.2) is 16.2 Å². The zero-order valence-electron chi connectivity index (χ0n) is 37.2. The SMILES string of the molecule is c1ccc2cc3c(cc2c1)c1ccc2ccccc2c1n3-c1ccc2c(c1)cc(C1=NC(c3ccc4sc5ccccc5c4c3)=NC(c3ccc4sc5ccccc5c4c3)[N-]1)c1oc3ccccc3c12. The smallest absolute Gasteiger partial charge is 0.143 e. The minimum absolute atomic E-state index is 0.553. The molecule has 16 rings (SSSR count). The van der Waals surface area contributed by atoms with E-state index < -0.39 is 6.17 Å². The van der Waals surface area contributed by atoms with Gasteiger partial charge in [-0.1, -0.05) is 133 Å².